The summed E-state index contributed by atoms with van der Waals surface area (Å²) in [5.41, 5.74) is 3.90. The Morgan fingerprint density at radius 3 is 1.49 bits per heavy atom. The van der Waals surface area contributed by atoms with Crippen LogP contribution in [-0.2, 0) is 5.41 Å². The second-order valence-electron chi connectivity index (χ2n) is 12.2. The number of nitrogens with one attached hydrogen (secondary N) is 2. The molecule has 19 nitrogen and oxygen atoms in total. The second kappa shape index (κ2) is 14.5. The molecule has 5 aromatic rings. The molecule has 2 amide bonds. The number of hydrogen-bond acceptors (Lipinski definition) is 13. The molecule has 0 saturated carbocycles. The van der Waals surface area contributed by atoms with Gasteiger partial charge in [-0.2, -0.15) is 9.47 Å². The molecule has 5 rings (SSSR count). The molecule has 0 aliphatic heterocycles. The van der Waals surface area contributed by atoms with Crippen molar-refractivity contribution in [2.45, 2.75) is 26.2 Å². The number of hydrogen-bond donors (Lipinski definition) is 7. The number of rotatable bonds is 11. The van der Waals surface area contributed by atoms with Crippen molar-refractivity contribution in [3.63, 3.8) is 0 Å². The molecule has 0 atom stereocenters. The molecule has 0 fully saturated rings. The van der Waals surface area contributed by atoms with Crippen LogP contribution in [0.3, 0.4) is 0 Å². The van der Waals surface area contributed by atoms with E-state index >= 15 is 0 Å². The molecule has 0 aliphatic rings. The molecule has 0 spiro atoms. The minimum atomic E-state index is -1.45. The van der Waals surface area contributed by atoms with Gasteiger partial charge in [-0.3, -0.25) is 9.59 Å². The van der Waals surface area contributed by atoms with Gasteiger partial charge in [0.2, 0.25) is 5.13 Å². The number of carboxylic acid groups (broad SMARTS) is 4. The Balaban J connectivity index is 1.65. The van der Waals surface area contributed by atoms with Crippen molar-refractivity contribution in [2.75, 3.05) is 16.4 Å². The lowest BCUT2D eigenvalue weighted by Gasteiger charge is -2.15. The average Bonchev–Trinajstić information content (AvgIpc) is 3.74. The van der Waals surface area contributed by atoms with Gasteiger partial charge in [-0.1, -0.05) is 20.8 Å². The Kier molecular flexibility index (Phi) is 10.1. The maximum absolute atomic E-state index is 13.7. The zero-order valence-corrected chi connectivity index (χ0v) is 28.5. The van der Waals surface area contributed by atoms with Gasteiger partial charge in [-0.25, -0.2) is 28.8 Å². The largest absolute Gasteiger partial charge is 0.478 e. The first-order chi connectivity index (χ1) is 24.9. The van der Waals surface area contributed by atoms with Gasteiger partial charge in [0, 0.05) is 39.4 Å². The summed E-state index contributed by atoms with van der Waals surface area (Å²) in [6, 6.07) is 9.68. The minimum absolute atomic E-state index is 0.0409. The Bertz CT molecular complexity index is 2190. The molecular formula is C33H27N9O10S. The second-order valence-corrected chi connectivity index (χ2v) is 12.9. The molecule has 0 radical (unpaired) electrons. The fourth-order valence-electron chi connectivity index (χ4n) is 4.82. The van der Waals surface area contributed by atoms with E-state index in [-0.39, 0.29) is 44.8 Å². The predicted molar refractivity (Wildman–Crippen MR) is 187 cm³/mol. The summed E-state index contributed by atoms with van der Waals surface area (Å²) in [5.74, 6) is -7.71. The van der Waals surface area contributed by atoms with E-state index in [1.54, 1.807) is 0 Å². The Morgan fingerprint density at radius 1 is 0.679 bits per heavy atom. The first kappa shape index (κ1) is 36.9. The highest BCUT2D eigenvalue weighted by Gasteiger charge is 2.28. The predicted octanol–water partition coefficient (Wildman–Crippen LogP) is 5.32. The Labute approximate surface area is 301 Å². The van der Waals surface area contributed by atoms with Crippen molar-refractivity contribution < 1.29 is 49.2 Å². The van der Waals surface area contributed by atoms with Gasteiger partial charge in [0.05, 0.1) is 33.6 Å². The molecular weight excluding hydrogens is 714 g/mol. The van der Waals surface area contributed by atoms with Crippen LogP contribution in [0.1, 0.15) is 88.6 Å². The summed E-state index contributed by atoms with van der Waals surface area (Å²) >= 11 is 0.977. The molecule has 53 heavy (non-hydrogen) atoms. The zero-order chi connectivity index (χ0) is 38.8. The Morgan fingerprint density at radius 2 is 1.11 bits per heavy atom. The normalized spacial score (nSPS) is 11.3. The molecule has 2 aromatic heterocycles. The lowest BCUT2D eigenvalue weighted by molar-refractivity contribution is 0.0676. The number of azo groups is 1. The van der Waals surface area contributed by atoms with Crippen LogP contribution in [0, 0.1) is 0 Å². The molecule has 0 aliphatic carbocycles. The van der Waals surface area contributed by atoms with E-state index in [1.807, 2.05) is 20.8 Å². The number of amides is 2. The summed E-state index contributed by atoms with van der Waals surface area (Å²) in [5, 5.41) is 56.0. The first-order valence-electron chi connectivity index (χ1n) is 15.0. The van der Waals surface area contributed by atoms with Crippen molar-refractivity contribution in [1.82, 2.24) is 19.1 Å². The molecule has 0 saturated heterocycles. The fraction of sp³-hybridized carbons (Fsp3) is 0.121. The first-order valence-corrected chi connectivity index (χ1v) is 15.8. The number of aromatic carboxylic acids is 4. The highest BCUT2D eigenvalue weighted by Crippen LogP contribution is 2.38. The van der Waals surface area contributed by atoms with Crippen molar-refractivity contribution in [3.05, 3.63) is 100.0 Å². The van der Waals surface area contributed by atoms with Crippen molar-refractivity contribution in [1.29, 1.82) is 0 Å². The third-order valence-electron chi connectivity index (χ3n) is 7.25. The summed E-state index contributed by atoms with van der Waals surface area (Å²) < 4.78 is 5.08. The number of anilines is 3. The smallest absolute Gasteiger partial charge is 0.335 e. The van der Waals surface area contributed by atoms with Gasteiger partial charge in [0.25, 0.3) is 11.8 Å². The van der Waals surface area contributed by atoms with Crippen LogP contribution in [0.5, 0.6) is 0 Å². The van der Waals surface area contributed by atoms with E-state index in [9.17, 15) is 49.2 Å². The maximum atomic E-state index is 13.7. The number of nitrogens with zero attached hydrogens (tertiary/aromatic N) is 6. The SMILES string of the molecule is CC(C)(C)c1nn(-c2cc(C(=O)Nc3cc(C(=O)O)cc(C(=O)O)c3)cc(C(=O)Nc3cc(C(=O)O)cc(C(=O)O)c3)c2)c(N)c1N=Nc1ncns1. The van der Waals surface area contributed by atoms with E-state index in [0.29, 0.717) is 5.69 Å². The minimum Gasteiger partial charge on any atom is -0.478 e. The van der Waals surface area contributed by atoms with E-state index < -0.39 is 63.4 Å². The number of benzene rings is 3. The standard InChI is InChI=1S/C33H27N9O10S/c1-33(2,3)24-23(39-40-32-35-13-36-53-32)25(34)42(41-24)22-11-14(26(43)37-20-7-16(28(45)46)5-17(8-20)29(47)48)4-15(12-22)27(44)38-21-9-18(30(49)50)6-19(10-21)31(51)52/h4-13H,34H2,1-3H3,(H,37,43)(H,38,44)(H,45,46)(H,47,48)(H,49,50)(H,51,52). The quantitative estimate of drug-likeness (QED) is 0.0844. The monoisotopic (exact) mass is 741 g/mol. The van der Waals surface area contributed by atoms with Crippen molar-refractivity contribution >= 4 is 75.2 Å². The number of carboxylic acids is 4. The molecule has 20 heteroatoms. The van der Waals surface area contributed by atoms with Crippen LogP contribution in [0.2, 0.25) is 0 Å². The lowest BCUT2D eigenvalue weighted by atomic mass is 9.91. The third kappa shape index (κ3) is 8.35. The summed E-state index contributed by atoms with van der Waals surface area (Å²) in [7, 11) is 0. The summed E-state index contributed by atoms with van der Waals surface area (Å²) in [6.07, 6.45) is 1.29. The van der Waals surface area contributed by atoms with Crippen LogP contribution >= 0.6 is 11.5 Å². The number of carbonyl (C=O) groups excluding carboxylic acids is 2. The number of nitrogens with two attached hydrogens (primary N) is 1. The van der Waals surface area contributed by atoms with E-state index in [2.05, 4.69) is 35.3 Å². The van der Waals surface area contributed by atoms with Gasteiger partial charge in [-0.05, 0) is 54.6 Å². The lowest BCUT2D eigenvalue weighted by Crippen LogP contribution is -2.18. The summed E-state index contributed by atoms with van der Waals surface area (Å²) in [6.45, 7) is 5.50. The average molecular weight is 742 g/mol. The van der Waals surface area contributed by atoms with Gasteiger partial charge >= 0.3 is 23.9 Å². The van der Waals surface area contributed by atoms with E-state index in [4.69, 9.17) is 5.73 Å². The van der Waals surface area contributed by atoms with Crippen LogP contribution in [0.4, 0.5) is 28.0 Å². The third-order valence-corrected chi connectivity index (χ3v) is 7.80. The maximum Gasteiger partial charge on any atom is 0.335 e. The van der Waals surface area contributed by atoms with Gasteiger partial charge in [-0.15, -0.1) is 10.2 Å². The Hall–Kier alpha value is -7.35. The van der Waals surface area contributed by atoms with Crippen LogP contribution in [0.25, 0.3) is 5.69 Å². The molecule has 8 N–H and O–H groups in total. The van der Waals surface area contributed by atoms with Crippen LogP contribution in [-0.4, -0.2) is 75.3 Å². The van der Waals surface area contributed by atoms with Gasteiger partial charge < -0.3 is 36.8 Å². The highest BCUT2D eigenvalue weighted by atomic mass is 32.1. The highest BCUT2D eigenvalue weighted by molar-refractivity contribution is 7.09. The number of nitrogen functional groups attached to an aromatic ring is 1. The number of aromatic nitrogens is 4. The van der Waals surface area contributed by atoms with Gasteiger partial charge in [0.1, 0.15) is 6.33 Å². The molecule has 2 heterocycles. The molecule has 3 aromatic carbocycles. The van der Waals surface area contributed by atoms with E-state index in [0.717, 1.165) is 54.0 Å². The van der Waals surface area contributed by atoms with Crippen LogP contribution in [0.15, 0.2) is 71.2 Å². The topological polar surface area (TPSA) is 302 Å². The molecule has 270 valence electrons. The number of carbonyl (C=O) groups is 6. The van der Waals surface area contributed by atoms with Gasteiger partial charge in [0.15, 0.2) is 11.5 Å². The summed E-state index contributed by atoms with van der Waals surface area (Å²) in [4.78, 5) is 78.0. The zero-order valence-electron chi connectivity index (χ0n) is 27.7. The molecule has 0 unspecified atom stereocenters. The fourth-order valence-corrected chi connectivity index (χ4v) is 5.18. The molecule has 0 bridgehead atoms. The van der Waals surface area contributed by atoms with Crippen molar-refractivity contribution in [2.24, 2.45) is 10.2 Å². The van der Waals surface area contributed by atoms with E-state index in [1.165, 1.54) is 23.1 Å². The van der Waals surface area contributed by atoms with Crippen molar-refractivity contribution in [3.8, 4) is 5.69 Å². The van der Waals surface area contributed by atoms with Crippen LogP contribution < -0.4 is 16.4 Å².